The molecule has 43 heavy (non-hydrogen) atoms. The molecule has 3 aromatic carbocycles. The number of hydrogen-bond donors (Lipinski definition) is 2. The van der Waals surface area contributed by atoms with Crippen LogP contribution in [0, 0.1) is 12.8 Å². The lowest BCUT2D eigenvalue weighted by Crippen LogP contribution is -2.22. The van der Waals surface area contributed by atoms with Crippen LogP contribution in [0.2, 0.25) is 10.0 Å². The van der Waals surface area contributed by atoms with Crippen LogP contribution >= 0.6 is 23.2 Å². The van der Waals surface area contributed by atoms with E-state index in [0.29, 0.717) is 48.0 Å². The van der Waals surface area contributed by atoms with Crippen LogP contribution in [0.5, 0.6) is 11.5 Å². The van der Waals surface area contributed by atoms with E-state index in [0.717, 1.165) is 37.0 Å². The zero-order valence-corrected chi connectivity index (χ0v) is 26.8. The maximum absolute atomic E-state index is 11.2. The molecule has 0 saturated carbocycles. The molecule has 1 amide bonds. The van der Waals surface area contributed by atoms with Gasteiger partial charge in [-0.15, -0.1) is 0 Å². The molecular weight excluding hydrogens is 579 g/mol. The van der Waals surface area contributed by atoms with Gasteiger partial charge in [-0.1, -0.05) is 77.3 Å². The number of halogens is 2. The third-order valence-electron chi connectivity index (χ3n) is 7.85. The summed E-state index contributed by atoms with van der Waals surface area (Å²) in [7, 11) is 0. The number of ether oxygens (including phenoxy) is 2. The molecule has 3 N–H and O–H groups in total. The Balaban J connectivity index is 1.30. The summed E-state index contributed by atoms with van der Waals surface area (Å²) in [4.78, 5) is 11.2. The number of carbonyl (C=O) groups is 1. The standard InChI is InChI=1S/C36H42Cl2N2O3/c1-24-19-34(37)36(35(38)20-24)43-18-17-42-31-13-10-27(11-14-31)22-30(23-39)32-15-12-29(21-25(32)2)33-9-5-4-7-28(33)8-6-16-40-26(3)41/h4-5,7,9-15,19-20,29-30H,6,8,16-18,21-23,39H2,1-3H3,(H,40,41). The van der Waals surface area contributed by atoms with Crippen LogP contribution in [0.4, 0.5) is 0 Å². The fourth-order valence-electron chi connectivity index (χ4n) is 5.70. The summed E-state index contributed by atoms with van der Waals surface area (Å²) in [5.74, 6) is 1.87. The molecule has 5 nitrogen and oxygen atoms in total. The van der Waals surface area contributed by atoms with Crippen molar-refractivity contribution < 1.29 is 14.3 Å². The van der Waals surface area contributed by atoms with Crippen molar-refractivity contribution in [3.8, 4) is 11.5 Å². The first-order chi connectivity index (χ1) is 20.7. The van der Waals surface area contributed by atoms with Gasteiger partial charge in [-0.3, -0.25) is 4.79 Å². The highest BCUT2D eigenvalue weighted by Gasteiger charge is 2.22. The number of hydrogen-bond acceptors (Lipinski definition) is 4. The Morgan fingerprint density at radius 1 is 1.02 bits per heavy atom. The predicted molar refractivity (Wildman–Crippen MR) is 178 cm³/mol. The number of amides is 1. The van der Waals surface area contributed by atoms with E-state index in [1.165, 1.54) is 27.8 Å². The molecule has 4 rings (SSSR count). The van der Waals surface area contributed by atoms with Gasteiger partial charge in [0.2, 0.25) is 5.91 Å². The summed E-state index contributed by atoms with van der Waals surface area (Å²) in [6, 6.07) is 20.5. The van der Waals surface area contributed by atoms with Crippen LogP contribution in [0.25, 0.3) is 0 Å². The van der Waals surface area contributed by atoms with Crippen LogP contribution in [0.15, 0.2) is 84.0 Å². The van der Waals surface area contributed by atoms with Crippen molar-refractivity contribution in [1.82, 2.24) is 5.32 Å². The fourth-order valence-corrected chi connectivity index (χ4v) is 6.40. The minimum Gasteiger partial charge on any atom is -0.490 e. The van der Waals surface area contributed by atoms with Gasteiger partial charge >= 0.3 is 0 Å². The number of benzene rings is 3. The van der Waals surface area contributed by atoms with Gasteiger partial charge in [-0.05, 0) is 98.2 Å². The van der Waals surface area contributed by atoms with Crippen molar-refractivity contribution in [2.24, 2.45) is 11.7 Å². The molecule has 0 heterocycles. The third kappa shape index (κ3) is 9.37. The second-order valence-corrected chi connectivity index (χ2v) is 12.0. The molecular formula is C36H42Cl2N2O3. The number of carbonyl (C=O) groups excluding carboxylic acids is 1. The number of allylic oxidation sites excluding steroid dienone is 3. The lowest BCUT2D eigenvalue weighted by molar-refractivity contribution is -0.118. The predicted octanol–water partition coefficient (Wildman–Crippen LogP) is 8.01. The summed E-state index contributed by atoms with van der Waals surface area (Å²) in [5, 5.41) is 3.89. The maximum Gasteiger partial charge on any atom is 0.216 e. The first kappa shape index (κ1) is 32.7. The normalized spacial score (nSPS) is 15.3. The minimum absolute atomic E-state index is 0.0207. The average molecular weight is 622 g/mol. The van der Waals surface area contributed by atoms with Gasteiger partial charge in [-0.2, -0.15) is 0 Å². The Bertz CT molecular complexity index is 1430. The molecule has 2 unspecified atom stereocenters. The second kappa shape index (κ2) is 16.0. The summed E-state index contributed by atoms with van der Waals surface area (Å²) in [5.41, 5.74) is 14.0. The monoisotopic (exact) mass is 620 g/mol. The van der Waals surface area contributed by atoms with E-state index < -0.39 is 0 Å². The van der Waals surface area contributed by atoms with Crippen molar-refractivity contribution in [3.05, 3.63) is 116 Å². The topological polar surface area (TPSA) is 73.6 Å². The van der Waals surface area contributed by atoms with Crippen molar-refractivity contribution in [2.45, 2.75) is 52.4 Å². The Kier molecular flexibility index (Phi) is 12.2. The molecule has 0 aromatic heterocycles. The second-order valence-electron chi connectivity index (χ2n) is 11.2. The van der Waals surface area contributed by atoms with Gasteiger partial charge in [0.15, 0.2) is 5.75 Å². The summed E-state index contributed by atoms with van der Waals surface area (Å²) < 4.78 is 11.6. The molecule has 2 atom stereocenters. The Morgan fingerprint density at radius 2 is 1.72 bits per heavy atom. The van der Waals surface area contributed by atoms with Gasteiger partial charge in [0.25, 0.3) is 0 Å². The van der Waals surface area contributed by atoms with Crippen molar-refractivity contribution in [1.29, 1.82) is 0 Å². The molecule has 7 heteroatoms. The van der Waals surface area contributed by atoms with E-state index >= 15 is 0 Å². The molecule has 0 bridgehead atoms. The lowest BCUT2D eigenvalue weighted by atomic mass is 9.78. The van der Waals surface area contributed by atoms with Gasteiger partial charge in [-0.25, -0.2) is 0 Å². The summed E-state index contributed by atoms with van der Waals surface area (Å²) in [6.07, 6.45) is 8.36. The van der Waals surface area contributed by atoms with E-state index in [9.17, 15) is 4.79 Å². The van der Waals surface area contributed by atoms with Crippen molar-refractivity contribution in [3.63, 3.8) is 0 Å². The molecule has 0 spiro atoms. The molecule has 0 saturated heterocycles. The van der Waals surface area contributed by atoms with E-state index in [1.54, 1.807) is 6.92 Å². The molecule has 3 aromatic rings. The Morgan fingerprint density at radius 3 is 2.40 bits per heavy atom. The van der Waals surface area contributed by atoms with E-state index in [-0.39, 0.29) is 11.8 Å². The van der Waals surface area contributed by atoms with E-state index in [1.807, 2.05) is 31.2 Å². The number of nitrogens with one attached hydrogen (secondary N) is 1. The van der Waals surface area contributed by atoms with Gasteiger partial charge in [0.05, 0.1) is 10.0 Å². The first-order valence-electron chi connectivity index (χ1n) is 15.0. The SMILES string of the molecule is CC(=O)NCCCc1ccccc1C1C=CC(C(CN)Cc2ccc(OCCOc3c(Cl)cc(C)cc3Cl)cc2)=C(C)C1. The van der Waals surface area contributed by atoms with Crippen LogP contribution in [-0.4, -0.2) is 32.2 Å². The van der Waals surface area contributed by atoms with Crippen molar-refractivity contribution >= 4 is 29.1 Å². The highest BCUT2D eigenvalue weighted by atomic mass is 35.5. The van der Waals surface area contributed by atoms with Gasteiger partial charge in [0, 0.05) is 25.3 Å². The number of rotatable bonds is 14. The molecule has 0 radical (unpaired) electrons. The van der Waals surface area contributed by atoms with Crippen LogP contribution in [0.1, 0.15) is 54.9 Å². The average Bonchev–Trinajstić information content (AvgIpc) is 2.98. The fraction of sp³-hybridized carbons (Fsp3) is 0.361. The Hall–Kier alpha value is -3.25. The lowest BCUT2D eigenvalue weighted by Gasteiger charge is -2.27. The zero-order valence-electron chi connectivity index (χ0n) is 25.3. The molecule has 1 aliphatic carbocycles. The minimum atomic E-state index is 0.0207. The van der Waals surface area contributed by atoms with Crippen molar-refractivity contribution in [2.75, 3.05) is 26.3 Å². The molecule has 0 fully saturated rings. The van der Waals surface area contributed by atoms with Gasteiger partial charge in [0.1, 0.15) is 19.0 Å². The van der Waals surface area contributed by atoms with E-state index in [2.05, 4.69) is 60.8 Å². The van der Waals surface area contributed by atoms with Crippen LogP contribution in [0.3, 0.4) is 0 Å². The third-order valence-corrected chi connectivity index (χ3v) is 8.41. The quantitative estimate of drug-likeness (QED) is 0.179. The summed E-state index contributed by atoms with van der Waals surface area (Å²) in [6.45, 7) is 7.73. The van der Waals surface area contributed by atoms with Gasteiger partial charge < -0.3 is 20.5 Å². The van der Waals surface area contributed by atoms with Crippen LogP contribution in [-0.2, 0) is 17.6 Å². The smallest absolute Gasteiger partial charge is 0.216 e. The number of nitrogens with two attached hydrogens (primary N) is 1. The van der Waals surface area contributed by atoms with Crippen LogP contribution < -0.4 is 20.5 Å². The highest BCUT2D eigenvalue weighted by Crippen LogP contribution is 2.37. The summed E-state index contributed by atoms with van der Waals surface area (Å²) >= 11 is 12.5. The maximum atomic E-state index is 11.2. The first-order valence-corrected chi connectivity index (χ1v) is 15.7. The number of aryl methyl sites for hydroxylation is 2. The highest BCUT2D eigenvalue weighted by molar-refractivity contribution is 6.37. The molecule has 1 aliphatic rings. The zero-order chi connectivity index (χ0) is 30.8. The molecule has 228 valence electrons. The Labute approximate surface area is 266 Å². The largest absolute Gasteiger partial charge is 0.490 e. The van der Waals surface area contributed by atoms with E-state index in [4.69, 9.17) is 38.4 Å². The molecule has 0 aliphatic heterocycles.